The number of nitrogens with one attached hydrogen (secondary N) is 3. The molecule has 13 heteroatoms. The number of benzene rings is 2. The summed E-state index contributed by atoms with van der Waals surface area (Å²) in [6, 6.07) is 10.4. The highest BCUT2D eigenvalue weighted by atomic mass is 32.2. The summed E-state index contributed by atoms with van der Waals surface area (Å²) < 4.78 is 55.1. The normalized spacial score (nSPS) is 23.1. The first-order valence-corrected chi connectivity index (χ1v) is 14.0. The summed E-state index contributed by atoms with van der Waals surface area (Å²) in [5.41, 5.74) is 2.17. The summed E-state index contributed by atoms with van der Waals surface area (Å²) in [5.74, 6) is -3.04. The summed E-state index contributed by atoms with van der Waals surface area (Å²) in [7, 11) is -6.66. The van der Waals surface area contributed by atoms with Crippen LogP contribution in [-0.4, -0.2) is 47.6 Å². The van der Waals surface area contributed by atoms with E-state index in [1.807, 2.05) is 6.92 Å². The van der Waals surface area contributed by atoms with Crippen molar-refractivity contribution >= 4 is 48.8 Å². The van der Waals surface area contributed by atoms with E-state index in [1.54, 1.807) is 24.3 Å². The van der Waals surface area contributed by atoms with E-state index in [2.05, 4.69) is 19.9 Å². The van der Waals surface area contributed by atoms with Gasteiger partial charge in [-0.05, 0) is 30.2 Å². The molecule has 11 nitrogen and oxygen atoms in total. The number of carbonyl (C=O) groups is 2. The zero-order valence-electron chi connectivity index (χ0n) is 19.2. The number of carbonyl (C=O) groups excluding carboxylic acids is 2. The van der Waals surface area contributed by atoms with E-state index in [9.17, 15) is 26.4 Å². The molecule has 0 amide bonds. The third-order valence-electron chi connectivity index (χ3n) is 5.82. The molecule has 1 heterocycles. The maximum atomic E-state index is 13.9. The number of hydrogen-bond acceptors (Lipinski definition) is 9. The van der Waals surface area contributed by atoms with Gasteiger partial charge in [-0.2, -0.15) is 13.9 Å². The number of sulfonamides is 2. The molecule has 0 spiro atoms. The molecule has 0 bridgehead atoms. The molecule has 0 saturated heterocycles. The minimum absolute atomic E-state index is 0.0280. The Bertz CT molecular complexity index is 1460. The van der Waals surface area contributed by atoms with Crippen LogP contribution < -0.4 is 15.5 Å². The lowest BCUT2D eigenvalue weighted by Gasteiger charge is -2.40. The minimum atomic E-state index is -4.37. The molecule has 2 aliphatic rings. The van der Waals surface area contributed by atoms with Crippen LogP contribution in [0.5, 0.6) is 0 Å². The smallest absolute Gasteiger partial charge is 0.286 e. The average Bonchev–Trinajstić information content (AvgIpc) is 2.77. The summed E-state index contributed by atoms with van der Waals surface area (Å²) in [6.07, 6.45) is 1.79. The van der Waals surface area contributed by atoms with Crippen molar-refractivity contribution < 1.29 is 31.3 Å². The van der Waals surface area contributed by atoms with Gasteiger partial charge in [0.05, 0.1) is 19.1 Å². The Morgan fingerprint density at radius 1 is 1.17 bits per heavy atom. The fourth-order valence-electron chi connectivity index (χ4n) is 4.52. The molecule has 2 unspecified atom stereocenters. The number of ketones is 2. The van der Waals surface area contributed by atoms with Crippen LogP contribution in [0.3, 0.4) is 0 Å². The van der Waals surface area contributed by atoms with Gasteiger partial charge in [-0.3, -0.25) is 14.3 Å². The van der Waals surface area contributed by atoms with Crippen LogP contribution in [0.2, 0.25) is 0 Å². The molecule has 186 valence electrons. The number of amidine groups is 1. The van der Waals surface area contributed by atoms with Gasteiger partial charge in [0.15, 0.2) is 11.6 Å². The van der Waals surface area contributed by atoms with Crippen LogP contribution in [0.15, 0.2) is 51.8 Å². The monoisotopic (exact) mass is 520 g/mol. The van der Waals surface area contributed by atoms with Gasteiger partial charge in [-0.1, -0.05) is 37.6 Å². The molecular weight excluding hydrogens is 496 g/mol. The molecule has 0 radical (unpaired) electrons. The molecule has 35 heavy (non-hydrogen) atoms. The lowest BCUT2D eigenvalue weighted by atomic mass is 9.68. The second-order valence-corrected chi connectivity index (χ2v) is 11.7. The highest BCUT2D eigenvalue weighted by Crippen LogP contribution is 2.41. The number of hydroxylamine groups is 1. The van der Waals surface area contributed by atoms with Crippen molar-refractivity contribution in [2.75, 3.05) is 23.4 Å². The van der Waals surface area contributed by atoms with Crippen LogP contribution in [0.1, 0.15) is 35.7 Å². The zero-order chi connectivity index (χ0) is 25.6. The first kappa shape index (κ1) is 25.0. The summed E-state index contributed by atoms with van der Waals surface area (Å²) >= 11 is 0. The third-order valence-corrected chi connectivity index (χ3v) is 7.75. The second kappa shape index (κ2) is 8.82. The Balaban J connectivity index is 1.84. The highest BCUT2D eigenvalue weighted by Gasteiger charge is 2.54. The largest absolute Gasteiger partial charge is 0.341 e. The molecule has 1 aliphatic heterocycles. The molecule has 2 aromatic carbocycles. The van der Waals surface area contributed by atoms with Crippen molar-refractivity contribution in [1.29, 1.82) is 0 Å². The van der Waals surface area contributed by atoms with E-state index >= 15 is 0 Å². The van der Waals surface area contributed by atoms with E-state index in [4.69, 9.17) is 4.84 Å². The van der Waals surface area contributed by atoms with Crippen LogP contribution >= 0.6 is 0 Å². The lowest BCUT2D eigenvalue weighted by molar-refractivity contribution is -0.134. The lowest BCUT2D eigenvalue weighted by Crippen LogP contribution is -2.59. The number of nitrogens with zero attached hydrogens (tertiary/aromatic N) is 1. The van der Waals surface area contributed by atoms with E-state index in [-0.39, 0.29) is 34.1 Å². The van der Waals surface area contributed by atoms with E-state index in [1.165, 1.54) is 19.2 Å². The van der Waals surface area contributed by atoms with Crippen LogP contribution in [0.4, 0.5) is 11.4 Å². The topological polar surface area (TPSA) is 160 Å². The summed E-state index contributed by atoms with van der Waals surface area (Å²) in [6.45, 7) is 1.87. The predicted molar refractivity (Wildman–Crippen MR) is 129 cm³/mol. The SMILES string of the molecule is CCCC1(NOC)C(=O)C(C2=NS(=O)(=O)c3cc(NS(C)(=O)=O)ccc3N2)C(=O)c2ccccc21. The number of Topliss-reactive ketones (excluding diaryl/α,β-unsaturated/α-hetero) is 2. The van der Waals surface area contributed by atoms with Gasteiger partial charge >= 0.3 is 0 Å². The fourth-order valence-corrected chi connectivity index (χ4v) is 6.25. The van der Waals surface area contributed by atoms with Gasteiger partial charge in [-0.15, -0.1) is 4.40 Å². The number of fused-ring (bicyclic) bond motifs is 2. The molecule has 3 N–H and O–H groups in total. The summed E-state index contributed by atoms with van der Waals surface area (Å²) in [5, 5.41) is 2.81. The Kier molecular flexibility index (Phi) is 6.30. The first-order chi connectivity index (χ1) is 16.4. The molecule has 2 atom stereocenters. The van der Waals surface area contributed by atoms with Crippen molar-refractivity contribution in [2.45, 2.75) is 30.2 Å². The van der Waals surface area contributed by atoms with E-state index in [0.717, 1.165) is 12.3 Å². The van der Waals surface area contributed by atoms with Crippen LogP contribution in [-0.2, 0) is 35.2 Å². The zero-order valence-corrected chi connectivity index (χ0v) is 20.8. The standard InChI is InChI=1S/C22H24N4O7S2/c1-4-11-22(26-33-2)15-8-6-5-7-14(15)19(27)18(20(22)28)21-23-16-10-9-13(24-34(3,29)30)12-17(16)35(31,32)25-21/h5-10,12,18,24,26H,4,11H2,1-3H3,(H,23,25). The maximum Gasteiger partial charge on any atom is 0.286 e. The maximum absolute atomic E-state index is 13.9. The average molecular weight is 521 g/mol. The molecule has 1 aliphatic carbocycles. The molecule has 0 fully saturated rings. The van der Waals surface area contributed by atoms with Crippen molar-refractivity contribution in [2.24, 2.45) is 10.3 Å². The van der Waals surface area contributed by atoms with Gasteiger partial charge < -0.3 is 10.2 Å². The van der Waals surface area contributed by atoms with Crippen molar-refractivity contribution in [3.05, 3.63) is 53.6 Å². The Labute approximate surface area is 203 Å². The Hall–Kier alpha value is -3.13. The minimum Gasteiger partial charge on any atom is -0.341 e. The quantitative estimate of drug-likeness (QED) is 0.365. The van der Waals surface area contributed by atoms with Gasteiger partial charge in [0.25, 0.3) is 10.0 Å². The molecule has 0 saturated carbocycles. The van der Waals surface area contributed by atoms with Crippen LogP contribution in [0.25, 0.3) is 0 Å². The molecular formula is C22H24N4O7S2. The van der Waals surface area contributed by atoms with E-state index < -0.39 is 43.1 Å². The van der Waals surface area contributed by atoms with Crippen LogP contribution in [0, 0.1) is 5.92 Å². The van der Waals surface area contributed by atoms with Crippen molar-refractivity contribution in [1.82, 2.24) is 5.48 Å². The van der Waals surface area contributed by atoms with Crippen molar-refractivity contribution in [3.63, 3.8) is 0 Å². The second-order valence-electron chi connectivity index (χ2n) is 8.33. The number of hydrogen-bond donors (Lipinski definition) is 3. The number of anilines is 2. The molecule has 4 rings (SSSR count). The van der Waals surface area contributed by atoms with Crippen molar-refractivity contribution in [3.8, 4) is 0 Å². The van der Waals surface area contributed by atoms with Gasteiger partial charge in [0, 0.05) is 11.3 Å². The molecule has 0 aromatic heterocycles. The van der Waals surface area contributed by atoms with E-state index in [0.29, 0.717) is 12.0 Å². The fraction of sp³-hybridized carbons (Fsp3) is 0.318. The predicted octanol–water partition coefficient (Wildman–Crippen LogP) is 1.80. The van der Waals surface area contributed by atoms with Gasteiger partial charge in [0.1, 0.15) is 22.2 Å². The Morgan fingerprint density at radius 3 is 2.54 bits per heavy atom. The van der Waals surface area contributed by atoms with Gasteiger partial charge in [-0.25, -0.2) is 8.42 Å². The van der Waals surface area contributed by atoms with Gasteiger partial charge in [0.2, 0.25) is 10.0 Å². The molecule has 2 aromatic rings. The first-order valence-electron chi connectivity index (χ1n) is 10.7. The summed E-state index contributed by atoms with van der Waals surface area (Å²) in [4.78, 5) is 32.2. The third kappa shape index (κ3) is 4.35. The highest BCUT2D eigenvalue weighted by molar-refractivity contribution is 7.92. The Morgan fingerprint density at radius 2 is 1.89 bits per heavy atom. The number of rotatable bonds is 7.